The number of carbonyl (C=O) groups is 1. The Kier molecular flexibility index (Phi) is 4.84. The van der Waals surface area contributed by atoms with Crippen LogP contribution >= 0.6 is 11.3 Å². The van der Waals surface area contributed by atoms with E-state index in [0.717, 1.165) is 30.7 Å². The lowest BCUT2D eigenvalue weighted by molar-refractivity contribution is -0.134. The van der Waals surface area contributed by atoms with Gasteiger partial charge >= 0.3 is 0 Å². The van der Waals surface area contributed by atoms with Gasteiger partial charge in [0, 0.05) is 18.5 Å². The summed E-state index contributed by atoms with van der Waals surface area (Å²) in [6.07, 6.45) is 3.39. The van der Waals surface area contributed by atoms with E-state index in [1.165, 1.54) is 0 Å². The minimum Gasteiger partial charge on any atom is -0.377 e. The van der Waals surface area contributed by atoms with Gasteiger partial charge in [-0.3, -0.25) is 4.79 Å². The highest BCUT2D eigenvalue weighted by Gasteiger charge is 2.32. The summed E-state index contributed by atoms with van der Waals surface area (Å²) in [6.45, 7) is 1.07. The standard InChI is InChI=1S/C15H19N3O3S/c1-20-10-13-16-15(21-17-13)12-6-2-3-7-18(12)14(19)9-11-5-4-8-22-11/h4-5,8,12H,2-3,6-7,9-10H2,1H3/t12-/m1/s1. The van der Waals surface area contributed by atoms with Crippen molar-refractivity contribution in [3.63, 3.8) is 0 Å². The second kappa shape index (κ2) is 7.02. The second-order valence-corrected chi connectivity index (χ2v) is 6.37. The summed E-state index contributed by atoms with van der Waals surface area (Å²) in [5.41, 5.74) is 0. The number of likely N-dealkylation sites (tertiary alicyclic amines) is 1. The van der Waals surface area contributed by atoms with E-state index in [1.54, 1.807) is 18.4 Å². The highest BCUT2D eigenvalue weighted by atomic mass is 32.1. The molecule has 1 amide bonds. The number of rotatable bonds is 5. The largest absolute Gasteiger partial charge is 0.377 e. The Bertz CT molecular complexity index is 611. The van der Waals surface area contributed by atoms with Gasteiger partial charge in [0.05, 0.1) is 6.42 Å². The van der Waals surface area contributed by atoms with Crippen LogP contribution in [0.3, 0.4) is 0 Å². The quantitative estimate of drug-likeness (QED) is 0.846. The van der Waals surface area contributed by atoms with Gasteiger partial charge in [0.2, 0.25) is 11.8 Å². The van der Waals surface area contributed by atoms with Crippen LogP contribution < -0.4 is 0 Å². The van der Waals surface area contributed by atoms with Crippen LogP contribution in [0, 0.1) is 0 Å². The van der Waals surface area contributed by atoms with Crippen LogP contribution in [-0.2, 0) is 22.6 Å². The predicted molar refractivity (Wildman–Crippen MR) is 81.3 cm³/mol. The maximum atomic E-state index is 12.6. The average molecular weight is 321 g/mol. The van der Waals surface area contributed by atoms with Crippen molar-refractivity contribution in [3.8, 4) is 0 Å². The molecule has 1 fully saturated rings. The lowest BCUT2D eigenvalue weighted by atomic mass is 10.0. The van der Waals surface area contributed by atoms with E-state index in [2.05, 4.69) is 10.1 Å². The van der Waals surface area contributed by atoms with Gasteiger partial charge in [0.15, 0.2) is 5.82 Å². The summed E-state index contributed by atoms with van der Waals surface area (Å²) < 4.78 is 10.3. The molecule has 0 saturated carbocycles. The molecule has 0 radical (unpaired) electrons. The van der Waals surface area contributed by atoms with Gasteiger partial charge in [-0.1, -0.05) is 11.2 Å². The Morgan fingerprint density at radius 3 is 3.23 bits per heavy atom. The fourth-order valence-corrected chi connectivity index (χ4v) is 3.44. The predicted octanol–water partition coefficient (Wildman–Crippen LogP) is 2.57. The third-order valence-corrected chi connectivity index (χ3v) is 4.65. The van der Waals surface area contributed by atoms with Crippen LogP contribution in [0.2, 0.25) is 0 Å². The molecular formula is C15H19N3O3S. The van der Waals surface area contributed by atoms with Crippen molar-refractivity contribution in [1.82, 2.24) is 15.0 Å². The fraction of sp³-hybridized carbons (Fsp3) is 0.533. The molecule has 0 aliphatic carbocycles. The summed E-state index contributed by atoms with van der Waals surface area (Å²) in [5.74, 6) is 1.17. The molecule has 1 atom stereocenters. The third kappa shape index (κ3) is 3.36. The SMILES string of the molecule is COCc1noc([C@H]2CCCCN2C(=O)Cc2cccs2)n1. The zero-order valence-electron chi connectivity index (χ0n) is 12.5. The zero-order chi connectivity index (χ0) is 15.4. The molecule has 6 nitrogen and oxygen atoms in total. The Hall–Kier alpha value is -1.73. The molecule has 3 rings (SSSR count). The normalized spacial score (nSPS) is 18.6. The number of ether oxygens (including phenoxy) is 1. The van der Waals surface area contributed by atoms with Gasteiger partial charge in [-0.25, -0.2) is 0 Å². The van der Waals surface area contributed by atoms with Crippen LogP contribution in [0.5, 0.6) is 0 Å². The summed E-state index contributed by atoms with van der Waals surface area (Å²) in [6, 6.07) is 3.85. The highest BCUT2D eigenvalue weighted by Crippen LogP contribution is 2.30. The summed E-state index contributed by atoms with van der Waals surface area (Å²) in [7, 11) is 1.59. The van der Waals surface area contributed by atoms with Crippen LogP contribution in [0.25, 0.3) is 0 Å². The molecule has 2 aromatic heterocycles. The van der Waals surface area contributed by atoms with Crippen molar-refractivity contribution >= 4 is 17.2 Å². The number of hydrogen-bond acceptors (Lipinski definition) is 6. The van der Waals surface area contributed by atoms with Crippen LogP contribution in [0.15, 0.2) is 22.0 Å². The molecule has 0 spiro atoms. The van der Waals surface area contributed by atoms with Crippen molar-refractivity contribution in [2.75, 3.05) is 13.7 Å². The highest BCUT2D eigenvalue weighted by molar-refractivity contribution is 7.10. The molecule has 0 bridgehead atoms. The van der Waals surface area contributed by atoms with Crippen LogP contribution in [0.4, 0.5) is 0 Å². The monoisotopic (exact) mass is 321 g/mol. The van der Waals surface area contributed by atoms with E-state index in [9.17, 15) is 4.79 Å². The minimum absolute atomic E-state index is 0.112. The van der Waals surface area contributed by atoms with Crippen LogP contribution in [-0.4, -0.2) is 34.6 Å². The molecule has 1 saturated heterocycles. The molecular weight excluding hydrogens is 302 g/mol. The van der Waals surface area contributed by atoms with Crippen molar-refractivity contribution < 1.29 is 14.1 Å². The molecule has 0 aromatic carbocycles. The first kappa shape index (κ1) is 15.2. The van der Waals surface area contributed by atoms with Gasteiger partial charge < -0.3 is 14.2 Å². The van der Waals surface area contributed by atoms with Gasteiger partial charge in [0.25, 0.3) is 0 Å². The number of aromatic nitrogens is 2. The Labute approximate surface area is 133 Å². The first-order valence-corrected chi connectivity index (χ1v) is 8.29. The summed E-state index contributed by atoms with van der Waals surface area (Å²) in [5, 5.41) is 5.90. The minimum atomic E-state index is -0.112. The van der Waals surface area contributed by atoms with Gasteiger partial charge in [-0.2, -0.15) is 4.98 Å². The summed E-state index contributed by atoms with van der Waals surface area (Å²) in [4.78, 5) is 19.9. The van der Waals surface area contributed by atoms with Gasteiger partial charge in [-0.15, -0.1) is 11.3 Å². The third-order valence-electron chi connectivity index (χ3n) is 3.77. The molecule has 0 unspecified atom stereocenters. The molecule has 3 heterocycles. The van der Waals surface area contributed by atoms with Crippen molar-refractivity contribution in [2.24, 2.45) is 0 Å². The van der Waals surface area contributed by atoms with Gasteiger partial charge in [-0.05, 0) is 30.7 Å². The van der Waals surface area contributed by atoms with E-state index in [1.807, 2.05) is 22.4 Å². The number of hydrogen-bond donors (Lipinski definition) is 0. The number of methoxy groups -OCH3 is 1. The molecule has 22 heavy (non-hydrogen) atoms. The molecule has 1 aliphatic rings. The Morgan fingerprint density at radius 2 is 2.45 bits per heavy atom. The van der Waals surface area contributed by atoms with Crippen molar-refractivity contribution in [3.05, 3.63) is 34.1 Å². The van der Waals surface area contributed by atoms with E-state index in [4.69, 9.17) is 9.26 Å². The topological polar surface area (TPSA) is 68.5 Å². The van der Waals surface area contributed by atoms with Gasteiger partial charge in [0.1, 0.15) is 12.6 Å². The lowest BCUT2D eigenvalue weighted by Gasteiger charge is -2.33. The summed E-state index contributed by atoms with van der Waals surface area (Å²) >= 11 is 1.61. The van der Waals surface area contributed by atoms with E-state index >= 15 is 0 Å². The second-order valence-electron chi connectivity index (χ2n) is 5.34. The smallest absolute Gasteiger partial charge is 0.249 e. The van der Waals surface area contributed by atoms with E-state index in [-0.39, 0.29) is 11.9 Å². The maximum Gasteiger partial charge on any atom is 0.249 e. The van der Waals surface area contributed by atoms with Crippen LogP contribution in [0.1, 0.15) is 41.9 Å². The van der Waals surface area contributed by atoms with Crippen molar-refractivity contribution in [2.45, 2.75) is 38.3 Å². The maximum absolute atomic E-state index is 12.6. The van der Waals surface area contributed by atoms with E-state index < -0.39 is 0 Å². The lowest BCUT2D eigenvalue weighted by Crippen LogP contribution is -2.39. The molecule has 0 N–H and O–H groups in total. The molecule has 118 valence electrons. The average Bonchev–Trinajstić information content (AvgIpc) is 3.19. The van der Waals surface area contributed by atoms with E-state index in [0.29, 0.717) is 24.7 Å². The number of piperidine rings is 1. The Balaban J connectivity index is 1.73. The molecule has 1 aliphatic heterocycles. The molecule has 2 aromatic rings. The fourth-order valence-electron chi connectivity index (χ4n) is 2.74. The first-order chi connectivity index (χ1) is 10.8. The van der Waals surface area contributed by atoms with Crippen molar-refractivity contribution in [1.29, 1.82) is 0 Å². The number of amides is 1. The Morgan fingerprint density at radius 1 is 1.55 bits per heavy atom. The zero-order valence-corrected chi connectivity index (χ0v) is 13.3. The number of carbonyl (C=O) groups excluding carboxylic acids is 1. The number of thiophene rings is 1. The first-order valence-electron chi connectivity index (χ1n) is 7.41. The number of nitrogens with zero attached hydrogens (tertiary/aromatic N) is 3. The molecule has 7 heteroatoms.